The highest BCUT2D eigenvalue weighted by molar-refractivity contribution is 5.87. The number of hydrogen-bond acceptors (Lipinski definition) is 3. The van der Waals surface area contributed by atoms with Gasteiger partial charge in [-0.1, -0.05) is 6.92 Å². The second-order valence-electron chi connectivity index (χ2n) is 6.48. The van der Waals surface area contributed by atoms with Gasteiger partial charge in [0.25, 0.3) is 0 Å². The molecule has 18 heavy (non-hydrogen) atoms. The maximum atomic E-state index is 11.9. The van der Waals surface area contributed by atoms with E-state index in [4.69, 9.17) is 4.74 Å². The summed E-state index contributed by atoms with van der Waals surface area (Å²) in [4.78, 5) is 23.4. The van der Waals surface area contributed by atoms with Crippen molar-refractivity contribution in [3.05, 3.63) is 0 Å². The molecule has 1 aliphatic rings. The van der Waals surface area contributed by atoms with E-state index in [1.807, 2.05) is 0 Å². The maximum Gasteiger partial charge on any atom is 0.408 e. The minimum Gasteiger partial charge on any atom is -0.444 e. The van der Waals surface area contributed by atoms with Crippen LogP contribution in [0.15, 0.2) is 0 Å². The Hall–Kier alpha value is -1.06. The van der Waals surface area contributed by atoms with Crippen LogP contribution in [0.25, 0.3) is 0 Å². The van der Waals surface area contributed by atoms with E-state index in [-0.39, 0.29) is 5.78 Å². The second kappa shape index (κ2) is 5.72. The molecular weight excluding hydrogens is 230 g/mol. The predicted molar refractivity (Wildman–Crippen MR) is 70.3 cm³/mol. The summed E-state index contributed by atoms with van der Waals surface area (Å²) < 4.78 is 5.12. The van der Waals surface area contributed by atoms with Gasteiger partial charge in [-0.2, -0.15) is 0 Å². The van der Waals surface area contributed by atoms with Crippen molar-refractivity contribution in [1.82, 2.24) is 5.32 Å². The Morgan fingerprint density at radius 3 is 2.33 bits per heavy atom. The van der Waals surface area contributed by atoms with Crippen LogP contribution < -0.4 is 5.32 Å². The fourth-order valence-electron chi connectivity index (χ4n) is 2.26. The van der Waals surface area contributed by atoms with Crippen LogP contribution in [0.2, 0.25) is 0 Å². The van der Waals surface area contributed by atoms with E-state index in [0.717, 1.165) is 18.8 Å². The van der Waals surface area contributed by atoms with E-state index in [0.29, 0.717) is 12.3 Å². The molecule has 0 bridgehead atoms. The van der Waals surface area contributed by atoms with Crippen LogP contribution in [-0.4, -0.2) is 23.5 Å². The standard InChI is InChI=1S/C14H25NO3/c1-9-6-11(7-9)8-12(16)10(2)15-13(17)18-14(3,4)5/h9-11H,6-8H2,1-5H3,(H,15,17). The highest BCUT2D eigenvalue weighted by atomic mass is 16.6. The van der Waals surface area contributed by atoms with Gasteiger partial charge in [0.2, 0.25) is 0 Å². The highest BCUT2D eigenvalue weighted by Crippen LogP contribution is 2.35. The van der Waals surface area contributed by atoms with Crippen molar-refractivity contribution in [1.29, 1.82) is 0 Å². The Balaban J connectivity index is 2.29. The molecule has 0 heterocycles. The van der Waals surface area contributed by atoms with Crippen molar-refractivity contribution in [2.45, 2.75) is 65.5 Å². The van der Waals surface area contributed by atoms with Crippen molar-refractivity contribution in [3.63, 3.8) is 0 Å². The first kappa shape index (κ1) is 15.0. The van der Waals surface area contributed by atoms with Gasteiger partial charge >= 0.3 is 6.09 Å². The zero-order chi connectivity index (χ0) is 13.9. The molecule has 1 amide bonds. The Labute approximate surface area is 109 Å². The Kier molecular flexibility index (Phi) is 4.77. The lowest BCUT2D eigenvalue weighted by atomic mass is 9.73. The summed E-state index contributed by atoms with van der Waals surface area (Å²) in [5.41, 5.74) is -0.531. The van der Waals surface area contributed by atoms with Crippen LogP contribution in [0.4, 0.5) is 4.79 Å². The quantitative estimate of drug-likeness (QED) is 0.840. The summed E-state index contributed by atoms with van der Waals surface area (Å²) in [6.45, 7) is 9.32. The second-order valence-corrected chi connectivity index (χ2v) is 6.48. The third kappa shape index (κ3) is 5.07. The minimum absolute atomic E-state index is 0.0951. The summed E-state index contributed by atoms with van der Waals surface area (Å²) >= 11 is 0. The number of carbonyl (C=O) groups is 2. The van der Waals surface area contributed by atoms with Gasteiger partial charge in [-0.05, 0) is 52.4 Å². The van der Waals surface area contributed by atoms with Crippen LogP contribution in [-0.2, 0) is 9.53 Å². The number of Topliss-reactive ketones (excluding diaryl/α,β-unsaturated/α-hetero) is 1. The lowest BCUT2D eigenvalue weighted by Crippen LogP contribution is -2.42. The Morgan fingerprint density at radius 2 is 1.89 bits per heavy atom. The Morgan fingerprint density at radius 1 is 1.33 bits per heavy atom. The van der Waals surface area contributed by atoms with Crippen LogP contribution >= 0.6 is 0 Å². The third-order valence-electron chi connectivity index (χ3n) is 3.18. The molecule has 0 aromatic heterocycles. The molecular formula is C14H25NO3. The fraction of sp³-hybridized carbons (Fsp3) is 0.857. The molecule has 0 aliphatic heterocycles. The van der Waals surface area contributed by atoms with E-state index < -0.39 is 17.7 Å². The van der Waals surface area contributed by atoms with Gasteiger partial charge in [0.15, 0.2) is 5.78 Å². The predicted octanol–water partition coefficient (Wildman–Crippen LogP) is 2.90. The molecule has 0 saturated heterocycles. The molecule has 4 nitrogen and oxygen atoms in total. The highest BCUT2D eigenvalue weighted by Gasteiger charge is 2.29. The van der Waals surface area contributed by atoms with Gasteiger partial charge in [0.1, 0.15) is 5.60 Å². The van der Waals surface area contributed by atoms with Gasteiger partial charge in [-0.15, -0.1) is 0 Å². The lowest BCUT2D eigenvalue weighted by Gasteiger charge is -2.32. The molecule has 104 valence electrons. The number of rotatable bonds is 4. The van der Waals surface area contributed by atoms with Gasteiger partial charge < -0.3 is 10.1 Å². The maximum absolute atomic E-state index is 11.9. The molecule has 1 saturated carbocycles. The number of nitrogens with one attached hydrogen (secondary N) is 1. The average Bonchev–Trinajstić information content (AvgIpc) is 2.11. The molecule has 1 unspecified atom stereocenters. The monoisotopic (exact) mass is 255 g/mol. The third-order valence-corrected chi connectivity index (χ3v) is 3.18. The summed E-state index contributed by atoms with van der Waals surface area (Å²) in [6.07, 6.45) is 2.31. The number of amides is 1. The van der Waals surface area contributed by atoms with Crippen LogP contribution in [0.3, 0.4) is 0 Å². The molecule has 0 spiro atoms. The van der Waals surface area contributed by atoms with Crippen LogP contribution in [0.5, 0.6) is 0 Å². The first-order valence-corrected chi connectivity index (χ1v) is 6.69. The summed E-state index contributed by atoms with van der Waals surface area (Å²) in [6, 6.07) is -0.462. The average molecular weight is 255 g/mol. The SMILES string of the molecule is CC1CC(CC(=O)C(C)NC(=O)OC(C)(C)C)C1. The smallest absolute Gasteiger partial charge is 0.408 e. The molecule has 0 aromatic rings. The van der Waals surface area contributed by atoms with E-state index in [1.165, 1.54) is 0 Å². The number of carbonyl (C=O) groups excluding carboxylic acids is 2. The van der Waals surface area contributed by atoms with E-state index in [2.05, 4.69) is 12.2 Å². The number of hydrogen-bond donors (Lipinski definition) is 1. The number of ketones is 1. The summed E-state index contributed by atoms with van der Waals surface area (Å²) in [7, 11) is 0. The molecule has 1 rings (SSSR count). The van der Waals surface area contributed by atoms with Crippen molar-refractivity contribution in [2.75, 3.05) is 0 Å². The molecule has 1 N–H and O–H groups in total. The van der Waals surface area contributed by atoms with Crippen LogP contribution in [0, 0.1) is 11.8 Å². The van der Waals surface area contributed by atoms with Crippen molar-refractivity contribution < 1.29 is 14.3 Å². The minimum atomic E-state index is -0.531. The Bertz CT molecular complexity index is 313. The van der Waals surface area contributed by atoms with E-state index in [9.17, 15) is 9.59 Å². The zero-order valence-corrected chi connectivity index (χ0v) is 12.1. The van der Waals surface area contributed by atoms with Crippen molar-refractivity contribution in [2.24, 2.45) is 11.8 Å². The first-order valence-electron chi connectivity index (χ1n) is 6.69. The largest absolute Gasteiger partial charge is 0.444 e. The molecule has 4 heteroatoms. The molecule has 0 radical (unpaired) electrons. The number of ether oxygens (including phenoxy) is 1. The summed E-state index contributed by atoms with van der Waals surface area (Å²) in [5.74, 6) is 1.35. The molecule has 1 atom stereocenters. The van der Waals surface area contributed by atoms with Crippen LogP contribution in [0.1, 0.15) is 53.9 Å². The van der Waals surface area contributed by atoms with Gasteiger partial charge in [-0.3, -0.25) is 4.79 Å². The van der Waals surface area contributed by atoms with Gasteiger partial charge in [-0.25, -0.2) is 4.79 Å². The first-order chi connectivity index (χ1) is 8.17. The van der Waals surface area contributed by atoms with E-state index in [1.54, 1.807) is 27.7 Å². The number of alkyl carbamates (subject to hydrolysis) is 1. The molecule has 0 aromatic carbocycles. The van der Waals surface area contributed by atoms with Gasteiger partial charge in [0.05, 0.1) is 6.04 Å². The zero-order valence-electron chi connectivity index (χ0n) is 12.1. The summed E-state index contributed by atoms with van der Waals surface area (Å²) in [5, 5.41) is 2.59. The molecule has 1 fully saturated rings. The fourth-order valence-corrected chi connectivity index (χ4v) is 2.26. The van der Waals surface area contributed by atoms with Crippen molar-refractivity contribution in [3.8, 4) is 0 Å². The van der Waals surface area contributed by atoms with Gasteiger partial charge in [0, 0.05) is 6.42 Å². The van der Waals surface area contributed by atoms with E-state index >= 15 is 0 Å². The lowest BCUT2D eigenvalue weighted by molar-refractivity contribution is -0.122. The normalized spacial score (nSPS) is 24.9. The van der Waals surface area contributed by atoms with Crippen molar-refractivity contribution >= 4 is 11.9 Å². The topological polar surface area (TPSA) is 55.4 Å². The molecule has 1 aliphatic carbocycles.